The van der Waals surface area contributed by atoms with Crippen LogP contribution in [0.1, 0.15) is 13.8 Å². The summed E-state index contributed by atoms with van der Waals surface area (Å²) in [5.41, 5.74) is 1.20. The lowest BCUT2D eigenvalue weighted by atomic mass is 10.0. The number of amides is 4. The van der Waals surface area contributed by atoms with Crippen molar-refractivity contribution in [2.24, 2.45) is 0 Å². The maximum absolute atomic E-state index is 13.6. The number of nitrogens with one attached hydrogen (secondary N) is 2. The number of hydrogen-bond acceptors (Lipinski definition) is 7. The van der Waals surface area contributed by atoms with E-state index >= 15 is 0 Å². The predicted octanol–water partition coefficient (Wildman–Crippen LogP) is 0.892. The molecule has 0 aromatic heterocycles. The molecule has 1 aromatic carbocycles. The van der Waals surface area contributed by atoms with Crippen molar-refractivity contribution >= 4 is 46.3 Å². The minimum atomic E-state index is -1.40. The molecular weight excluding hydrogens is 506 g/mol. The summed E-state index contributed by atoms with van der Waals surface area (Å²) in [7, 11) is 1.93. The molecule has 2 N–H and O–H groups in total. The average Bonchev–Trinajstić information content (AvgIpc) is 3.35. The molecule has 0 bridgehead atoms. The Hall–Kier alpha value is -2.67. The van der Waals surface area contributed by atoms with Crippen LogP contribution in [0.3, 0.4) is 0 Å². The maximum atomic E-state index is 13.6. The zero-order valence-corrected chi connectivity index (χ0v) is 22.4. The predicted molar refractivity (Wildman–Crippen MR) is 138 cm³/mol. The molecule has 0 radical (unpaired) electrons. The van der Waals surface area contributed by atoms with E-state index in [1.807, 2.05) is 28.1 Å². The number of hydrazine groups is 1. The average molecular weight is 538 g/mol. The summed E-state index contributed by atoms with van der Waals surface area (Å²) in [5, 5.41) is 9.66. The third-order valence-electron chi connectivity index (χ3n) is 6.81. The van der Waals surface area contributed by atoms with Crippen LogP contribution in [0.4, 0.5) is 10.5 Å². The van der Waals surface area contributed by atoms with Gasteiger partial charge in [-0.2, -0.15) is 0 Å². The maximum Gasteiger partial charge on any atom is 0.320 e. The Kier molecular flexibility index (Phi) is 7.60. The number of anilines is 1. The summed E-state index contributed by atoms with van der Waals surface area (Å²) in [6, 6.07) is 5.01. The Morgan fingerprint density at radius 2 is 1.75 bits per heavy atom. The summed E-state index contributed by atoms with van der Waals surface area (Å²) in [6.07, 6.45) is 3.37. The Balaban J connectivity index is 1.40. The Morgan fingerprint density at radius 1 is 1.11 bits per heavy atom. The highest BCUT2D eigenvalue weighted by atomic mass is 35.5. The Labute approximate surface area is 219 Å². The number of halogens is 1. The van der Waals surface area contributed by atoms with Crippen LogP contribution in [-0.4, -0.2) is 111 Å². The van der Waals surface area contributed by atoms with Gasteiger partial charge in [-0.15, -0.1) is 0 Å². The normalized spacial score (nSPS) is 20.3. The number of carbonyl (C=O) groups excluding carboxylic acids is 3. The first kappa shape index (κ1) is 26.4. The van der Waals surface area contributed by atoms with E-state index in [0.29, 0.717) is 55.9 Å². The van der Waals surface area contributed by atoms with E-state index in [0.717, 1.165) is 0 Å². The standard InChI is InChI=1S/C23H32ClN7O4S/c1-23(2,36(4)35)19(26-22(34)25-17-7-5-16(24)6-8-17)21(33)28-9-11-30(12-10-28)31-15-29-14-27(3)13-18(29)20(31)32/h5-8,13,19H,9-12,14-15H2,1-4H3,(H2,25,26,34)/t19-,36?/m0/s1. The van der Waals surface area contributed by atoms with Crippen molar-refractivity contribution in [3.8, 4) is 0 Å². The van der Waals surface area contributed by atoms with E-state index < -0.39 is 28.0 Å². The monoisotopic (exact) mass is 537 g/mol. The molecule has 0 spiro atoms. The number of piperazine rings is 1. The van der Waals surface area contributed by atoms with Gasteiger partial charge in [0.2, 0.25) is 0 Å². The first-order valence-electron chi connectivity index (χ1n) is 11.7. The van der Waals surface area contributed by atoms with Gasteiger partial charge in [-0.25, -0.2) is 14.8 Å². The van der Waals surface area contributed by atoms with Crippen molar-refractivity contribution in [3.05, 3.63) is 41.2 Å². The summed E-state index contributed by atoms with van der Waals surface area (Å²) in [4.78, 5) is 44.8. The van der Waals surface area contributed by atoms with E-state index in [1.54, 1.807) is 48.0 Å². The van der Waals surface area contributed by atoms with Crippen LogP contribution in [0.25, 0.3) is 0 Å². The molecule has 0 saturated carbocycles. The first-order chi connectivity index (χ1) is 17.0. The summed E-state index contributed by atoms with van der Waals surface area (Å²) in [6.45, 7) is 6.28. The number of benzene rings is 1. The van der Waals surface area contributed by atoms with Gasteiger partial charge >= 0.3 is 6.03 Å². The van der Waals surface area contributed by atoms with Crippen LogP contribution in [-0.2, 0) is 20.8 Å². The Bertz CT molecular complexity index is 1040. The molecule has 13 heteroatoms. The molecule has 1 aromatic rings. The van der Waals surface area contributed by atoms with Gasteiger partial charge in [0.05, 0.1) is 12.9 Å². The van der Waals surface area contributed by atoms with E-state index in [2.05, 4.69) is 10.6 Å². The van der Waals surface area contributed by atoms with Crippen molar-refractivity contribution in [2.45, 2.75) is 24.6 Å². The number of fused-ring (bicyclic) bond motifs is 1. The summed E-state index contributed by atoms with van der Waals surface area (Å²) < 4.78 is 11.5. The van der Waals surface area contributed by atoms with Crippen molar-refractivity contribution in [3.63, 3.8) is 0 Å². The quantitative estimate of drug-likeness (QED) is 0.518. The molecule has 0 aliphatic carbocycles. The number of rotatable bonds is 6. The highest BCUT2D eigenvalue weighted by Gasteiger charge is 2.47. The molecular formula is C23H32ClN7O4S. The van der Waals surface area contributed by atoms with Crippen molar-refractivity contribution in [1.82, 2.24) is 30.0 Å². The lowest BCUT2D eigenvalue weighted by Crippen LogP contribution is -2.64. The zero-order valence-electron chi connectivity index (χ0n) is 20.9. The second-order valence-electron chi connectivity index (χ2n) is 9.67. The molecule has 196 valence electrons. The molecule has 3 heterocycles. The minimum Gasteiger partial charge on any atom is -0.616 e. The highest BCUT2D eigenvalue weighted by Crippen LogP contribution is 2.27. The van der Waals surface area contributed by atoms with Crippen LogP contribution in [0.15, 0.2) is 36.2 Å². The number of nitrogens with zero attached hydrogens (tertiary/aromatic N) is 5. The van der Waals surface area contributed by atoms with E-state index in [1.165, 1.54) is 6.26 Å². The van der Waals surface area contributed by atoms with E-state index in [-0.39, 0.29) is 11.8 Å². The van der Waals surface area contributed by atoms with Crippen LogP contribution >= 0.6 is 11.6 Å². The molecule has 3 aliphatic heterocycles. The lowest BCUT2D eigenvalue weighted by Gasteiger charge is -2.42. The first-order valence-corrected chi connectivity index (χ1v) is 13.6. The van der Waals surface area contributed by atoms with Gasteiger partial charge in [-0.05, 0) is 49.3 Å². The molecule has 3 aliphatic rings. The van der Waals surface area contributed by atoms with Gasteiger partial charge in [-0.3, -0.25) is 9.59 Å². The van der Waals surface area contributed by atoms with Gasteiger partial charge in [0, 0.05) is 50.1 Å². The fourth-order valence-electron chi connectivity index (χ4n) is 4.43. The highest BCUT2D eigenvalue weighted by molar-refractivity contribution is 7.92. The van der Waals surface area contributed by atoms with Crippen molar-refractivity contribution in [2.75, 3.05) is 58.1 Å². The third kappa shape index (κ3) is 5.36. The third-order valence-corrected chi connectivity index (χ3v) is 8.77. The number of carbonyl (C=O) groups is 3. The van der Waals surface area contributed by atoms with Crippen LogP contribution in [0.5, 0.6) is 0 Å². The molecule has 4 rings (SSSR count). The van der Waals surface area contributed by atoms with Crippen molar-refractivity contribution in [1.29, 1.82) is 0 Å². The van der Waals surface area contributed by atoms with Crippen molar-refractivity contribution < 1.29 is 18.9 Å². The molecule has 2 fully saturated rings. The lowest BCUT2D eigenvalue weighted by molar-refractivity contribution is -0.149. The molecule has 2 saturated heterocycles. The number of urea groups is 1. The largest absolute Gasteiger partial charge is 0.616 e. The molecule has 11 nitrogen and oxygen atoms in total. The SMILES string of the molecule is CN1C=C2C(=O)N(N3CCN(C(=O)[C@H](NC(=O)Nc4ccc(Cl)cc4)C(C)(C)[S+](C)[O-])CC3)CN2C1. The second-order valence-corrected chi connectivity index (χ2v) is 12.1. The second kappa shape index (κ2) is 10.4. The van der Waals surface area contributed by atoms with Gasteiger partial charge in [0.1, 0.15) is 17.1 Å². The van der Waals surface area contributed by atoms with Gasteiger partial charge < -0.3 is 29.9 Å². The smallest absolute Gasteiger partial charge is 0.320 e. The fraction of sp³-hybridized carbons (Fsp3) is 0.522. The summed E-state index contributed by atoms with van der Waals surface area (Å²) >= 11 is 4.50. The minimum absolute atomic E-state index is 0.0416. The number of hydrogen-bond donors (Lipinski definition) is 2. The topological polar surface area (TPSA) is 115 Å². The van der Waals surface area contributed by atoms with Gasteiger partial charge in [0.25, 0.3) is 11.8 Å². The summed E-state index contributed by atoms with van der Waals surface area (Å²) in [5.74, 6) is -0.348. The van der Waals surface area contributed by atoms with E-state index in [4.69, 9.17) is 11.6 Å². The Morgan fingerprint density at radius 3 is 2.33 bits per heavy atom. The van der Waals surface area contributed by atoms with Gasteiger partial charge in [0.15, 0.2) is 6.04 Å². The van der Waals surface area contributed by atoms with Crippen LogP contribution < -0.4 is 10.6 Å². The van der Waals surface area contributed by atoms with Crippen LogP contribution in [0.2, 0.25) is 5.02 Å². The molecule has 4 amide bonds. The molecule has 2 atom stereocenters. The molecule has 36 heavy (non-hydrogen) atoms. The van der Waals surface area contributed by atoms with Gasteiger partial charge in [-0.1, -0.05) is 11.6 Å². The molecule has 1 unspecified atom stereocenters. The zero-order chi connectivity index (χ0) is 26.2. The van der Waals surface area contributed by atoms with Crippen LogP contribution in [0, 0.1) is 0 Å². The van der Waals surface area contributed by atoms with E-state index in [9.17, 15) is 18.9 Å². The fourth-order valence-corrected chi connectivity index (χ4v) is 5.05.